The Bertz CT molecular complexity index is 1520. The molecule has 1 heterocycles. The molecule has 0 aliphatic heterocycles. The number of hydrogen-bond donors (Lipinski definition) is 1. The van der Waals surface area contributed by atoms with Crippen molar-refractivity contribution in [2.45, 2.75) is 0 Å². The van der Waals surface area contributed by atoms with Gasteiger partial charge < -0.3 is 9.73 Å². The smallest absolute Gasteiger partial charge is 0.137 e. The Morgan fingerprint density at radius 1 is 0.500 bits per heavy atom. The highest BCUT2D eigenvalue weighted by Gasteiger charge is 2.08. The summed E-state index contributed by atoms with van der Waals surface area (Å²) in [6.07, 6.45) is 0. The Labute approximate surface area is 174 Å². The summed E-state index contributed by atoms with van der Waals surface area (Å²) in [5, 5.41) is 8.35. The second kappa shape index (κ2) is 6.78. The zero-order valence-corrected chi connectivity index (χ0v) is 16.3. The van der Waals surface area contributed by atoms with E-state index in [0.717, 1.165) is 33.3 Å². The Balaban J connectivity index is 1.38. The number of para-hydroxylation sites is 1. The van der Waals surface area contributed by atoms with Crippen LogP contribution in [-0.4, -0.2) is 0 Å². The predicted octanol–water partition coefficient (Wildman–Crippen LogP) is 8.15. The molecule has 5 aromatic carbocycles. The van der Waals surface area contributed by atoms with Gasteiger partial charge in [-0.25, -0.2) is 0 Å². The van der Waals surface area contributed by atoms with E-state index in [1.807, 2.05) is 18.2 Å². The molecular weight excluding hydrogens is 366 g/mol. The van der Waals surface area contributed by atoms with Crippen LogP contribution in [0, 0.1) is 0 Å². The highest BCUT2D eigenvalue weighted by Crippen LogP contribution is 2.33. The summed E-state index contributed by atoms with van der Waals surface area (Å²) in [6.45, 7) is 0. The molecule has 2 heteroatoms. The second-order valence-electron chi connectivity index (χ2n) is 7.54. The lowest BCUT2D eigenvalue weighted by Gasteiger charge is -2.11. The second-order valence-corrected chi connectivity index (χ2v) is 7.54. The SMILES string of the molecule is c1cc(Nc2ccc3c(c2)oc2ccccc23)cc(-c2cccc3ccccc23)c1. The van der Waals surface area contributed by atoms with Crippen LogP contribution >= 0.6 is 0 Å². The van der Waals surface area contributed by atoms with E-state index >= 15 is 0 Å². The van der Waals surface area contributed by atoms with Crippen LogP contribution in [0.5, 0.6) is 0 Å². The van der Waals surface area contributed by atoms with Crippen molar-refractivity contribution in [3.8, 4) is 11.1 Å². The molecule has 6 aromatic rings. The van der Waals surface area contributed by atoms with Crippen molar-refractivity contribution in [2.24, 2.45) is 0 Å². The van der Waals surface area contributed by atoms with Gasteiger partial charge in [0, 0.05) is 28.2 Å². The normalized spacial score (nSPS) is 11.3. The van der Waals surface area contributed by atoms with Gasteiger partial charge in [-0.3, -0.25) is 0 Å². The summed E-state index contributed by atoms with van der Waals surface area (Å²) in [5.74, 6) is 0. The first-order valence-electron chi connectivity index (χ1n) is 10.1. The van der Waals surface area contributed by atoms with Crippen molar-refractivity contribution in [1.82, 2.24) is 0 Å². The first-order chi connectivity index (χ1) is 14.8. The Morgan fingerprint density at radius 3 is 2.20 bits per heavy atom. The van der Waals surface area contributed by atoms with Gasteiger partial charge in [0.25, 0.3) is 0 Å². The van der Waals surface area contributed by atoms with Crippen molar-refractivity contribution in [3.63, 3.8) is 0 Å². The van der Waals surface area contributed by atoms with Gasteiger partial charge >= 0.3 is 0 Å². The molecule has 0 aliphatic rings. The number of rotatable bonds is 3. The molecule has 142 valence electrons. The van der Waals surface area contributed by atoms with Gasteiger partial charge in [0.15, 0.2) is 0 Å². The third-order valence-corrected chi connectivity index (χ3v) is 5.63. The number of fused-ring (bicyclic) bond motifs is 4. The van der Waals surface area contributed by atoms with Crippen molar-refractivity contribution >= 4 is 44.1 Å². The molecule has 2 nitrogen and oxygen atoms in total. The minimum absolute atomic E-state index is 0.895. The van der Waals surface area contributed by atoms with Gasteiger partial charge in [-0.1, -0.05) is 72.8 Å². The van der Waals surface area contributed by atoms with Crippen LogP contribution in [0.15, 0.2) is 114 Å². The van der Waals surface area contributed by atoms with Crippen LogP contribution in [0.1, 0.15) is 0 Å². The van der Waals surface area contributed by atoms with E-state index in [1.165, 1.54) is 21.9 Å². The fourth-order valence-corrected chi connectivity index (χ4v) is 4.21. The Morgan fingerprint density at radius 2 is 1.23 bits per heavy atom. The number of anilines is 2. The maximum absolute atomic E-state index is 6.03. The fourth-order valence-electron chi connectivity index (χ4n) is 4.21. The largest absolute Gasteiger partial charge is 0.456 e. The summed E-state index contributed by atoms with van der Waals surface area (Å²) in [4.78, 5) is 0. The third-order valence-electron chi connectivity index (χ3n) is 5.63. The zero-order valence-electron chi connectivity index (χ0n) is 16.3. The van der Waals surface area contributed by atoms with Gasteiger partial charge in [-0.15, -0.1) is 0 Å². The van der Waals surface area contributed by atoms with E-state index in [9.17, 15) is 0 Å². The lowest BCUT2D eigenvalue weighted by molar-refractivity contribution is 0.669. The molecule has 1 aromatic heterocycles. The zero-order chi connectivity index (χ0) is 19.9. The van der Waals surface area contributed by atoms with E-state index in [1.54, 1.807) is 0 Å². The predicted molar refractivity (Wildman–Crippen MR) is 126 cm³/mol. The van der Waals surface area contributed by atoms with Gasteiger partial charge in [0.2, 0.25) is 0 Å². The Kier molecular flexibility index (Phi) is 3.82. The first-order valence-corrected chi connectivity index (χ1v) is 10.1. The molecule has 0 saturated heterocycles. The molecule has 0 saturated carbocycles. The molecule has 0 unspecified atom stereocenters. The van der Waals surface area contributed by atoms with E-state index < -0.39 is 0 Å². The quantitative estimate of drug-likeness (QED) is 0.332. The molecule has 30 heavy (non-hydrogen) atoms. The monoisotopic (exact) mass is 385 g/mol. The molecule has 0 atom stereocenters. The molecule has 6 rings (SSSR count). The van der Waals surface area contributed by atoms with E-state index in [2.05, 4.69) is 96.3 Å². The highest BCUT2D eigenvalue weighted by molar-refractivity contribution is 6.05. The van der Waals surface area contributed by atoms with Crippen molar-refractivity contribution in [2.75, 3.05) is 5.32 Å². The summed E-state index contributed by atoms with van der Waals surface area (Å²) in [7, 11) is 0. The molecule has 0 aliphatic carbocycles. The van der Waals surface area contributed by atoms with Crippen molar-refractivity contribution in [1.29, 1.82) is 0 Å². The minimum atomic E-state index is 0.895. The van der Waals surface area contributed by atoms with Gasteiger partial charge in [-0.2, -0.15) is 0 Å². The van der Waals surface area contributed by atoms with Crippen LogP contribution in [0.3, 0.4) is 0 Å². The van der Waals surface area contributed by atoms with E-state index in [-0.39, 0.29) is 0 Å². The molecule has 0 amide bonds. The standard InChI is InChI=1S/C28H19NO/c1-2-11-23-19(7-1)8-6-13-24(23)20-9-5-10-21(17-20)29-22-15-16-26-25-12-3-4-14-27(25)30-28(26)18-22/h1-18,29H. The lowest BCUT2D eigenvalue weighted by atomic mass is 9.98. The molecular formula is C28H19NO. The average Bonchev–Trinajstić information content (AvgIpc) is 3.17. The van der Waals surface area contributed by atoms with Crippen LogP contribution in [0.4, 0.5) is 11.4 Å². The van der Waals surface area contributed by atoms with E-state index in [0.29, 0.717) is 0 Å². The topological polar surface area (TPSA) is 25.2 Å². The summed E-state index contributed by atoms with van der Waals surface area (Å²) < 4.78 is 6.03. The van der Waals surface area contributed by atoms with Gasteiger partial charge in [0.1, 0.15) is 11.2 Å². The molecule has 1 N–H and O–H groups in total. The average molecular weight is 385 g/mol. The van der Waals surface area contributed by atoms with Crippen LogP contribution in [0.2, 0.25) is 0 Å². The summed E-state index contributed by atoms with van der Waals surface area (Å²) in [5.41, 5.74) is 6.31. The maximum atomic E-state index is 6.03. The number of hydrogen-bond acceptors (Lipinski definition) is 2. The van der Waals surface area contributed by atoms with Crippen LogP contribution in [-0.2, 0) is 0 Å². The molecule has 0 bridgehead atoms. The minimum Gasteiger partial charge on any atom is -0.456 e. The maximum Gasteiger partial charge on any atom is 0.137 e. The van der Waals surface area contributed by atoms with E-state index in [4.69, 9.17) is 4.42 Å². The number of benzene rings is 5. The summed E-state index contributed by atoms with van der Waals surface area (Å²) in [6, 6.07) is 38.0. The molecule has 0 fully saturated rings. The lowest BCUT2D eigenvalue weighted by Crippen LogP contribution is -1.90. The van der Waals surface area contributed by atoms with Crippen molar-refractivity contribution in [3.05, 3.63) is 109 Å². The summed E-state index contributed by atoms with van der Waals surface area (Å²) >= 11 is 0. The first kappa shape index (κ1) is 16.9. The van der Waals surface area contributed by atoms with Gasteiger partial charge in [0.05, 0.1) is 0 Å². The highest BCUT2D eigenvalue weighted by atomic mass is 16.3. The molecule has 0 spiro atoms. The fraction of sp³-hybridized carbons (Fsp3) is 0. The number of furan rings is 1. The van der Waals surface area contributed by atoms with Gasteiger partial charge in [-0.05, 0) is 52.2 Å². The Hall–Kier alpha value is -4.04. The van der Waals surface area contributed by atoms with Crippen LogP contribution < -0.4 is 5.32 Å². The number of nitrogens with one attached hydrogen (secondary N) is 1. The van der Waals surface area contributed by atoms with Crippen LogP contribution in [0.25, 0.3) is 43.8 Å². The third kappa shape index (κ3) is 2.82. The van der Waals surface area contributed by atoms with Crippen molar-refractivity contribution < 1.29 is 4.42 Å². The molecule has 0 radical (unpaired) electrons.